The van der Waals surface area contributed by atoms with E-state index in [2.05, 4.69) is 5.32 Å². The Kier molecular flexibility index (Phi) is 5.74. The third-order valence-corrected chi connectivity index (χ3v) is 4.23. The molecule has 4 nitrogen and oxygen atoms in total. The van der Waals surface area contributed by atoms with Gasteiger partial charge in [-0.3, -0.25) is 0 Å². The Labute approximate surface area is 146 Å². The van der Waals surface area contributed by atoms with Crippen LogP contribution in [0.15, 0.2) is 42.5 Å². The van der Waals surface area contributed by atoms with Gasteiger partial charge in [0.15, 0.2) is 0 Å². The Morgan fingerprint density at radius 1 is 1.22 bits per heavy atom. The van der Waals surface area contributed by atoms with Crippen molar-refractivity contribution in [1.29, 1.82) is 0 Å². The molecule has 6 heteroatoms. The first-order valence-electron chi connectivity index (χ1n) is 7.05. The van der Waals surface area contributed by atoms with E-state index in [0.29, 0.717) is 15.7 Å². The van der Waals surface area contributed by atoms with Crippen molar-refractivity contribution in [3.63, 3.8) is 0 Å². The minimum Gasteiger partial charge on any atom is -0.496 e. The lowest BCUT2D eigenvalue weighted by molar-refractivity contribution is 0.207. The van der Waals surface area contributed by atoms with Crippen molar-refractivity contribution in [3.8, 4) is 5.75 Å². The van der Waals surface area contributed by atoms with Crippen LogP contribution in [-0.2, 0) is 0 Å². The van der Waals surface area contributed by atoms with Crippen molar-refractivity contribution >= 4 is 34.9 Å². The average molecular weight is 353 g/mol. The number of anilines is 1. The van der Waals surface area contributed by atoms with Gasteiger partial charge >= 0.3 is 6.03 Å². The molecule has 0 aliphatic carbocycles. The van der Waals surface area contributed by atoms with E-state index >= 15 is 0 Å². The molecule has 2 aromatic rings. The first kappa shape index (κ1) is 17.4. The Hall–Kier alpha value is -1.91. The zero-order valence-electron chi connectivity index (χ0n) is 13.1. The SMILES string of the molecule is COc1ccccc1C(C)N(C)C(=O)Nc1cc(Cl)ccc1Cl. The molecule has 0 aliphatic heterocycles. The zero-order valence-corrected chi connectivity index (χ0v) is 14.7. The highest BCUT2D eigenvalue weighted by atomic mass is 35.5. The first-order chi connectivity index (χ1) is 10.9. The summed E-state index contributed by atoms with van der Waals surface area (Å²) in [4.78, 5) is 14.0. The van der Waals surface area contributed by atoms with Crippen LogP contribution in [0.1, 0.15) is 18.5 Å². The summed E-state index contributed by atoms with van der Waals surface area (Å²) in [5, 5.41) is 3.71. The quantitative estimate of drug-likeness (QED) is 0.818. The Morgan fingerprint density at radius 3 is 2.61 bits per heavy atom. The summed E-state index contributed by atoms with van der Waals surface area (Å²) in [6.07, 6.45) is 0. The fourth-order valence-electron chi connectivity index (χ4n) is 2.19. The second kappa shape index (κ2) is 7.57. The molecule has 1 unspecified atom stereocenters. The van der Waals surface area contributed by atoms with Crippen molar-refractivity contribution in [3.05, 3.63) is 58.1 Å². The van der Waals surface area contributed by atoms with Gasteiger partial charge in [-0.05, 0) is 31.2 Å². The molecule has 1 atom stereocenters. The van der Waals surface area contributed by atoms with Gasteiger partial charge < -0.3 is 15.0 Å². The third kappa shape index (κ3) is 4.09. The average Bonchev–Trinajstić information content (AvgIpc) is 2.56. The highest BCUT2D eigenvalue weighted by Crippen LogP contribution is 2.30. The number of methoxy groups -OCH3 is 1. The highest BCUT2D eigenvalue weighted by molar-refractivity contribution is 6.35. The molecular formula is C17H18Cl2N2O2. The van der Waals surface area contributed by atoms with Crippen LogP contribution in [0.4, 0.5) is 10.5 Å². The van der Waals surface area contributed by atoms with E-state index in [0.717, 1.165) is 11.3 Å². The maximum atomic E-state index is 12.5. The van der Waals surface area contributed by atoms with E-state index < -0.39 is 0 Å². The van der Waals surface area contributed by atoms with Crippen molar-refractivity contribution < 1.29 is 9.53 Å². The molecule has 122 valence electrons. The predicted octanol–water partition coefficient (Wildman–Crippen LogP) is 5.23. The number of ether oxygens (including phenoxy) is 1. The molecule has 0 aromatic heterocycles. The van der Waals surface area contributed by atoms with E-state index in [1.165, 1.54) is 0 Å². The molecule has 0 heterocycles. The maximum absolute atomic E-state index is 12.5. The molecule has 23 heavy (non-hydrogen) atoms. The first-order valence-corrected chi connectivity index (χ1v) is 7.81. The van der Waals surface area contributed by atoms with E-state index in [9.17, 15) is 4.79 Å². The summed E-state index contributed by atoms with van der Waals surface area (Å²) in [6.45, 7) is 1.93. The maximum Gasteiger partial charge on any atom is 0.322 e. The smallest absolute Gasteiger partial charge is 0.322 e. The van der Waals surface area contributed by atoms with Crippen LogP contribution in [0.2, 0.25) is 10.0 Å². The minimum absolute atomic E-state index is 0.177. The number of hydrogen-bond acceptors (Lipinski definition) is 2. The monoisotopic (exact) mass is 352 g/mol. The lowest BCUT2D eigenvalue weighted by Crippen LogP contribution is -2.33. The molecule has 0 radical (unpaired) electrons. The number of benzene rings is 2. The van der Waals surface area contributed by atoms with Crippen LogP contribution in [0.5, 0.6) is 5.75 Å². The molecular weight excluding hydrogens is 335 g/mol. The van der Waals surface area contributed by atoms with Crippen molar-refractivity contribution in [2.45, 2.75) is 13.0 Å². The Balaban J connectivity index is 2.17. The van der Waals surface area contributed by atoms with Crippen LogP contribution in [0.3, 0.4) is 0 Å². The molecule has 0 fully saturated rings. The lowest BCUT2D eigenvalue weighted by atomic mass is 10.1. The van der Waals surface area contributed by atoms with Crippen molar-refractivity contribution in [2.24, 2.45) is 0 Å². The number of nitrogens with one attached hydrogen (secondary N) is 1. The molecule has 2 amide bonds. The van der Waals surface area contributed by atoms with Gasteiger partial charge in [0.05, 0.1) is 23.9 Å². The Morgan fingerprint density at radius 2 is 1.91 bits per heavy atom. The second-order valence-electron chi connectivity index (χ2n) is 5.08. The number of hydrogen-bond donors (Lipinski definition) is 1. The van der Waals surface area contributed by atoms with Gasteiger partial charge in [-0.25, -0.2) is 4.79 Å². The second-order valence-corrected chi connectivity index (χ2v) is 5.93. The molecule has 0 aliphatic rings. The molecule has 1 N–H and O–H groups in total. The highest BCUT2D eigenvalue weighted by Gasteiger charge is 2.20. The van der Waals surface area contributed by atoms with Crippen LogP contribution < -0.4 is 10.1 Å². The molecule has 2 aromatic carbocycles. The predicted molar refractivity (Wildman–Crippen MR) is 94.7 cm³/mol. The lowest BCUT2D eigenvalue weighted by Gasteiger charge is -2.27. The molecule has 0 spiro atoms. The van der Waals surface area contributed by atoms with Gasteiger partial charge in [-0.1, -0.05) is 41.4 Å². The minimum atomic E-state index is -0.285. The van der Waals surface area contributed by atoms with Gasteiger partial charge in [0.2, 0.25) is 0 Å². The van der Waals surface area contributed by atoms with Crippen LogP contribution in [0, 0.1) is 0 Å². The number of halogens is 2. The normalized spacial score (nSPS) is 11.7. The van der Waals surface area contributed by atoms with Crippen molar-refractivity contribution in [2.75, 3.05) is 19.5 Å². The summed E-state index contributed by atoms with van der Waals surface area (Å²) in [7, 11) is 3.32. The fourth-order valence-corrected chi connectivity index (χ4v) is 2.53. The van der Waals surface area contributed by atoms with E-state index in [1.807, 2.05) is 31.2 Å². The number of carbonyl (C=O) groups excluding carboxylic acids is 1. The topological polar surface area (TPSA) is 41.6 Å². The third-order valence-electron chi connectivity index (χ3n) is 3.66. The van der Waals surface area contributed by atoms with Gasteiger partial charge in [-0.15, -0.1) is 0 Å². The van der Waals surface area contributed by atoms with E-state index in [4.69, 9.17) is 27.9 Å². The summed E-state index contributed by atoms with van der Waals surface area (Å²) in [5.41, 5.74) is 1.40. The fraction of sp³-hybridized carbons (Fsp3) is 0.235. The summed E-state index contributed by atoms with van der Waals surface area (Å²) >= 11 is 12.0. The van der Waals surface area contributed by atoms with Crippen LogP contribution in [-0.4, -0.2) is 25.1 Å². The largest absolute Gasteiger partial charge is 0.496 e. The van der Waals surface area contributed by atoms with E-state index in [-0.39, 0.29) is 12.1 Å². The summed E-state index contributed by atoms with van der Waals surface area (Å²) < 4.78 is 5.35. The van der Waals surface area contributed by atoms with Gasteiger partial charge in [0.25, 0.3) is 0 Å². The van der Waals surface area contributed by atoms with Crippen LogP contribution in [0.25, 0.3) is 0 Å². The zero-order chi connectivity index (χ0) is 17.0. The number of nitrogens with zero attached hydrogens (tertiary/aromatic N) is 1. The number of rotatable bonds is 4. The van der Waals surface area contributed by atoms with Gasteiger partial charge in [0, 0.05) is 17.6 Å². The number of amides is 2. The van der Waals surface area contributed by atoms with Gasteiger partial charge in [-0.2, -0.15) is 0 Å². The van der Waals surface area contributed by atoms with E-state index in [1.54, 1.807) is 37.3 Å². The number of carbonyl (C=O) groups is 1. The standard InChI is InChI=1S/C17H18Cl2N2O2/c1-11(13-6-4-5-7-16(13)23-3)21(2)17(22)20-15-10-12(18)8-9-14(15)19/h4-11H,1-3H3,(H,20,22). The molecule has 2 rings (SSSR count). The van der Waals surface area contributed by atoms with Gasteiger partial charge in [0.1, 0.15) is 5.75 Å². The molecule has 0 saturated heterocycles. The molecule has 0 bridgehead atoms. The summed E-state index contributed by atoms with van der Waals surface area (Å²) in [6, 6.07) is 12.1. The number of urea groups is 1. The Bertz CT molecular complexity index is 707. The van der Waals surface area contributed by atoms with Crippen LogP contribution >= 0.6 is 23.2 Å². The number of para-hydroxylation sites is 1. The molecule has 0 saturated carbocycles. The van der Waals surface area contributed by atoms with Crippen molar-refractivity contribution in [1.82, 2.24) is 4.90 Å². The summed E-state index contributed by atoms with van der Waals surface area (Å²) in [5.74, 6) is 0.737.